The molecule has 18 nitrogen and oxygen atoms in total. The number of amides is 4. The fourth-order valence-corrected chi connectivity index (χ4v) is 17.4. The van der Waals surface area contributed by atoms with E-state index in [4.69, 9.17) is 28.4 Å². The van der Waals surface area contributed by atoms with Crippen LogP contribution >= 0.6 is 0 Å². The van der Waals surface area contributed by atoms with Gasteiger partial charge in [0, 0.05) is 131 Å². The predicted octanol–water partition coefficient (Wildman–Crippen LogP) is 30.6. The lowest BCUT2D eigenvalue weighted by molar-refractivity contribution is -0.136. The molecular formula is C123H252N8O10. The molecule has 0 spiro atoms. The first-order valence-electron chi connectivity index (χ1n) is 57.2. The van der Waals surface area contributed by atoms with Crippen LogP contribution in [0.2, 0.25) is 0 Å². The average Bonchev–Trinajstić information content (AvgIpc) is 0.779. The third-order valence-corrected chi connectivity index (χ3v) is 26.7. The lowest BCUT2D eigenvalue weighted by Gasteiger charge is -2.52. The zero-order valence-electron chi connectivity index (χ0n) is 104. The van der Waals surface area contributed by atoms with Crippen molar-refractivity contribution in [3.63, 3.8) is 0 Å². The molecule has 141 heavy (non-hydrogen) atoms. The van der Waals surface area contributed by atoms with Crippen LogP contribution in [0.15, 0.2) is 0 Å². The number of unbranched alkanes of at least 4 members (excludes halogenated alkanes) is 3. The Morgan fingerprint density at radius 1 is 0.312 bits per heavy atom. The van der Waals surface area contributed by atoms with Crippen LogP contribution in [0.1, 0.15) is 519 Å². The number of piperazine rings is 2. The second-order valence-corrected chi connectivity index (χ2v) is 61.3. The third kappa shape index (κ3) is 91.0. The van der Waals surface area contributed by atoms with Crippen LogP contribution < -0.4 is 16.0 Å². The van der Waals surface area contributed by atoms with Crippen molar-refractivity contribution >= 4 is 23.6 Å². The van der Waals surface area contributed by atoms with Crippen LogP contribution in [0.5, 0.6) is 0 Å². The highest BCUT2D eigenvalue weighted by atomic mass is 16.5. The molecule has 3 heterocycles. The van der Waals surface area contributed by atoms with Crippen molar-refractivity contribution < 1.29 is 47.6 Å². The van der Waals surface area contributed by atoms with Gasteiger partial charge < -0.3 is 59.1 Å². The minimum atomic E-state index is -0.187. The third-order valence-electron chi connectivity index (χ3n) is 26.7. The van der Waals surface area contributed by atoms with Crippen LogP contribution in [-0.2, 0) is 47.6 Å². The van der Waals surface area contributed by atoms with E-state index in [2.05, 4.69) is 312 Å². The van der Waals surface area contributed by atoms with Gasteiger partial charge in [0.2, 0.25) is 23.6 Å². The summed E-state index contributed by atoms with van der Waals surface area (Å²) in [6.07, 6.45) is 33.2. The molecule has 0 aromatic rings. The molecule has 0 bridgehead atoms. The second kappa shape index (κ2) is 66.3. The van der Waals surface area contributed by atoms with E-state index in [0.29, 0.717) is 125 Å². The number of nitrogens with zero attached hydrogens (tertiary/aromatic N) is 5. The average molecular weight is 2000 g/mol. The highest BCUT2D eigenvalue weighted by Gasteiger charge is 2.44. The smallest absolute Gasteiger partial charge is 0.224 e. The van der Waals surface area contributed by atoms with Crippen molar-refractivity contribution in [1.82, 2.24) is 40.4 Å². The van der Waals surface area contributed by atoms with Gasteiger partial charge in [0.15, 0.2) is 0 Å². The summed E-state index contributed by atoms with van der Waals surface area (Å²) < 4.78 is 33.4. The highest BCUT2D eigenvalue weighted by Crippen LogP contribution is 2.49. The zero-order chi connectivity index (χ0) is 110. The first kappa shape index (κ1) is 143. The van der Waals surface area contributed by atoms with Crippen molar-refractivity contribution in [2.24, 2.45) is 71.4 Å². The summed E-state index contributed by atoms with van der Waals surface area (Å²) in [4.78, 5) is 59.6. The fourth-order valence-electron chi connectivity index (χ4n) is 17.4. The van der Waals surface area contributed by atoms with Gasteiger partial charge >= 0.3 is 0 Å². The molecule has 2 aliphatic carbocycles. The summed E-state index contributed by atoms with van der Waals surface area (Å²) in [5.74, 6) is 1.77. The highest BCUT2D eigenvalue weighted by molar-refractivity contribution is 5.80. The second-order valence-electron chi connectivity index (χ2n) is 61.3. The molecule has 2 saturated carbocycles. The molecule has 0 unspecified atom stereocenters. The van der Waals surface area contributed by atoms with Gasteiger partial charge in [0.05, 0.1) is 57.8 Å². The van der Waals surface area contributed by atoms with Crippen LogP contribution in [0, 0.1) is 71.4 Å². The number of carbonyl (C=O) groups is 4. The molecule has 4 amide bonds. The number of piperidine rings is 1. The SMILES string of the molecule is CC(C)(C)CC1CC(N2CCC(C)(C(C)(C)C)CC2)C1.CC(C)(C)CCCCC(C)(C)C.CC(C)(C)CCCCC(C)(C)C.CC(C)(C)CCCCOC(C)(C)C.CC(C)(C)CCCOC1CC(C(=O)NC(C)(C)C)C1.CC(C)(C)CCCOCCC(=O)N1CCN(C(C)(C)C)CC1.CC(C)(C)CCCOCCOCCOCCC(=O)NC(C)(C)C.CC(C)(C)NC(=O)CCCN1CCN(C(C)(C)C)CC1. The number of rotatable bonds is 39. The predicted molar refractivity (Wildman–Crippen MR) is 612 cm³/mol. The Kier molecular flexibility index (Phi) is 67.1. The lowest BCUT2D eigenvalue weighted by atomic mass is 9.62. The van der Waals surface area contributed by atoms with Crippen LogP contribution in [0.25, 0.3) is 0 Å². The van der Waals surface area contributed by atoms with Crippen molar-refractivity contribution in [3.8, 4) is 0 Å². The van der Waals surface area contributed by atoms with Crippen molar-refractivity contribution in [3.05, 3.63) is 0 Å². The first-order valence-corrected chi connectivity index (χ1v) is 57.2. The Bertz CT molecular complexity index is 3070. The van der Waals surface area contributed by atoms with Gasteiger partial charge in [-0.05, 0) is 338 Å². The molecule has 3 N–H and O–H groups in total. The van der Waals surface area contributed by atoms with Crippen LogP contribution in [0.4, 0.5) is 0 Å². The molecule has 844 valence electrons. The van der Waals surface area contributed by atoms with Crippen molar-refractivity contribution in [2.45, 2.75) is 564 Å². The van der Waals surface area contributed by atoms with E-state index in [0.717, 1.165) is 142 Å². The monoisotopic (exact) mass is 2000 g/mol. The van der Waals surface area contributed by atoms with Crippen molar-refractivity contribution in [2.75, 3.05) is 138 Å². The standard InChI is InChI=1S/C19H37N.C18H36N2O2.C18H37NO4.C16H33N3O.C16H31NO2.C12H26O.2C12H26/c1-17(2,3)14-15-12-16(13-15)20-10-8-19(7,9-11-20)18(4,5)6;1-17(2,3)9-7-14-22-15-8-16(21)19-10-12-20(13-11-19)18(4,5)6;1-17(2,3)9-7-10-21-12-14-23-15-13-22-11-8-16(20)19-18(4,5)6;1-15(2,3)17-14(20)8-7-9-18-10-12-19(13-11-18)16(4,5)6;1-15(2,3)8-7-9-19-13-10-12(11-13)14(18)17-16(4,5)6;1-11(2,3)9-7-8-10-13-12(4,5)6;2*1-11(2,3)9-7-8-10-12(4,5)6/h15-16H,8-14H2,1-7H3;7-15H2,1-6H3;7-15H2,1-6H3,(H,19,20);7-13H2,1-6H3,(H,17,20);12-13H,7-11H2,1-6H3,(H,17,18);7-10H2,1-6H3;2*7-10H2,1-6H3. The van der Waals surface area contributed by atoms with E-state index < -0.39 is 0 Å². The molecule has 18 heteroatoms. The molecule has 0 aromatic heterocycles. The topological polar surface area (TPSA) is 176 Å². The first-order chi connectivity index (χ1) is 63.5. The van der Waals surface area contributed by atoms with Gasteiger partial charge in [-0.25, -0.2) is 0 Å². The Morgan fingerprint density at radius 2 is 0.631 bits per heavy atom. The van der Waals surface area contributed by atoms with E-state index >= 15 is 0 Å². The molecule has 0 atom stereocenters. The summed E-state index contributed by atoms with van der Waals surface area (Å²) in [5.41, 5.74) is 5.29. The Balaban J connectivity index is -0.00000156. The van der Waals surface area contributed by atoms with Gasteiger partial charge in [-0.3, -0.25) is 29.0 Å². The van der Waals surface area contributed by atoms with E-state index in [1.165, 1.54) is 129 Å². The Morgan fingerprint density at radius 3 is 0.972 bits per heavy atom. The van der Waals surface area contributed by atoms with Gasteiger partial charge in [-0.2, -0.15) is 0 Å². The molecule has 5 rings (SSSR count). The molecule has 3 saturated heterocycles. The van der Waals surface area contributed by atoms with E-state index in [1.54, 1.807) is 0 Å². The Hall–Kier alpha value is -2.52. The van der Waals surface area contributed by atoms with E-state index in [1.807, 2.05) is 67.2 Å². The number of nitrogens with one attached hydrogen (secondary N) is 3. The van der Waals surface area contributed by atoms with Gasteiger partial charge in [0.1, 0.15) is 0 Å². The maximum absolute atomic E-state index is 12.2. The van der Waals surface area contributed by atoms with Gasteiger partial charge in [-0.1, -0.05) is 247 Å². The van der Waals surface area contributed by atoms with E-state index in [9.17, 15) is 19.2 Å². The zero-order valence-corrected chi connectivity index (χ0v) is 104. The number of carbonyl (C=O) groups excluding carboxylic acids is 4. The number of hydrogen-bond donors (Lipinski definition) is 3. The Labute approximate surface area is 880 Å². The molecular weight excluding hydrogens is 1750 g/mol. The fraction of sp³-hybridized carbons (Fsp3) is 0.967. The summed E-state index contributed by atoms with van der Waals surface area (Å²) in [5, 5.41) is 8.95. The maximum Gasteiger partial charge on any atom is 0.224 e. The molecule has 0 radical (unpaired) electrons. The van der Waals surface area contributed by atoms with E-state index in [-0.39, 0.29) is 62.8 Å². The number of likely N-dealkylation sites (tertiary alicyclic amines) is 1. The van der Waals surface area contributed by atoms with Crippen LogP contribution in [-0.4, -0.2) is 232 Å². The minimum absolute atomic E-state index is 0.0158. The maximum atomic E-state index is 12.2. The summed E-state index contributed by atoms with van der Waals surface area (Å²) >= 11 is 0. The molecule has 5 aliphatic rings. The minimum Gasteiger partial charge on any atom is -0.381 e. The number of ether oxygens (including phenoxy) is 6. The normalized spacial score (nSPS) is 18.8. The van der Waals surface area contributed by atoms with Crippen LogP contribution in [0.3, 0.4) is 0 Å². The molecule has 3 aliphatic heterocycles. The van der Waals surface area contributed by atoms with Gasteiger partial charge in [0.25, 0.3) is 0 Å². The lowest BCUT2D eigenvalue weighted by Crippen LogP contribution is -2.54. The number of hydrogen-bond acceptors (Lipinski definition) is 14. The summed E-state index contributed by atoms with van der Waals surface area (Å²) in [6.45, 7) is 128. The molecule has 0 aromatic carbocycles. The van der Waals surface area contributed by atoms with Gasteiger partial charge in [-0.15, -0.1) is 0 Å². The quantitative estimate of drug-likeness (QED) is 0.0496. The largest absolute Gasteiger partial charge is 0.381 e. The summed E-state index contributed by atoms with van der Waals surface area (Å²) in [6, 6.07) is 0.909. The molecule has 5 fully saturated rings. The summed E-state index contributed by atoms with van der Waals surface area (Å²) in [7, 11) is 0. The van der Waals surface area contributed by atoms with Crippen molar-refractivity contribution in [1.29, 1.82) is 0 Å².